The molecular formula is C18H25N3O3. The van der Waals surface area contributed by atoms with Crippen LogP contribution in [0.1, 0.15) is 27.7 Å². The van der Waals surface area contributed by atoms with Gasteiger partial charge >= 0.3 is 0 Å². The highest BCUT2D eigenvalue weighted by Gasteiger charge is 2.45. The van der Waals surface area contributed by atoms with E-state index < -0.39 is 5.54 Å². The quantitative estimate of drug-likeness (QED) is 0.898. The number of ether oxygens (including phenoxy) is 1. The second-order valence-electron chi connectivity index (χ2n) is 7.06. The topological polar surface area (TPSA) is 61.9 Å². The summed E-state index contributed by atoms with van der Waals surface area (Å²) in [5, 5.41) is 2.89. The lowest BCUT2D eigenvalue weighted by molar-refractivity contribution is -0.131. The number of morpholine rings is 1. The van der Waals surface area contributed by atoms with Crippen LogP contribution < -0.4 is 10.2 Å². The first-order chi connectivity index (χ1) is 11.3. The standard InChI is InChI=1S/C18H25N3O3/c1-12-11-20(9-10-24-12)13(2)16(22)21-15-8-6-5-7-14(15)19-17(23)18(21,3)4/h5-8,12-13H,9-11H2,1-4H3,(H,19,23). The van der Waals surface area contributed by atoms with Gasteiger partial charge in [0.25, 0.3) is 0 Å². The number of rotatable bonds is 2. The molecule has 2 amide bonds. The van der Waals surface area contributed by atoms with E-state index in [0.717, 1.165) is 18.8 Å². The highest BCUT2D eigenvalue weighted by atomic mass is 16.5. The van der Waals surface area contributed by atoms with Crippen molar-refractivity contribution in [2.24, 2.45) is 0 Å². The summed E-state index contributed by atoms with van der Waals surface area (Å²) in [4.78, 5) is 29.6. The van der Waals surface area contributed by atoms with Gasteiger partial charge in [-0.3, -0.25) is 19.4 Å². The zero-order chi connectivity index (χ0) is 17.5. The Bertz CT molecular complexity index is 659. The van der Waals surface area contributed by atoms with Gasteiger partial charge in [-0.25, -0.2) is 0 Å². The fourth-order valence-corrected chi connectivity index (χ4v) is 3.39. The van der Waals surface area contributed by atoms with Crippen molar-refractivity contribution < 1.29 is 14.3 Å². The molecule has 0 aliphatic carbocycles. The van der Waals surface area contributed by atoms with E-state index in [0.29, 0.717) is 12.3 Å². The zero-order valence-corrected chi connectivity index (χ0v) is 14.7. The fraction of sp³-hybridized carbons (Fsp3) is 0.556. The number of fused-ring (bicyclic) bond motifs is 1. The minimum Gasteiger partial charge on any atom is -0.376 e. The van der Waals surface area contributed by atoms with Crippen molar-refractivity contribution in [1.82, 2.24) is 4.90 Å². The van der Waals surface area contributed by atoms with Crippen LogP contribution >= 0.6 is 0 Å². The van der Waals surface area contributed by atoms with Gasteiger partial charge in [-0.15, -0.1) is 0 Å². The number of para-hydroxylation sites is 2. The number of nitrogens with zero attached hydrogens (tertiary/aromatic N) is 2. The zero-order valence-electron chi connectivity index (χ0n) is 14.7. The average molecular weight is 331 g/mol. The number of anilines is 2. The maximum absolute atomic E-state index is 13.3. The molecule has 0 aromatic heterocycles. The minimum absolute atomic E-state index is 0.0589. The molecule has 2 unspecified atom stereocenters. The summed E-state index contributed by atoms with van der Waals surface area (Å²) >= 11 is 0. The van der Waals surface area contributed by atoms with Crippen LogP contribution in [0.25, 0.3) is 0 Å². The van der Waals surface area contributed by atoms with Crippen molar-refractivity contribution in [3.63, 3.8) is 0 Å². The van der Waals surface area contributed by atoms with Gasteiger partial charge in [0.1, 0.15) is 5.54 Å². The maximum atomic E-state index is 13.3. The normalized spacial score (nSPS) is 24.9. The largest absolute Gasteiger partial charge is 0.376 e. The van der Waals surface area contributed by atoms with Crippen LogP contribution in [0.5, 0.6) is 0 Å². The van der Waals surface area contributed by atoms with Crippen molar-refractivity contribution in [2.45, 2.75) is 45.4 Å². The Morgan fingerprint density at radius 2 is 2.08 bits per heavy atom. The molecule has 1 saturated heterocycles. The van der Waals surface area contributed by atoms with Crippen LogP contribution in [0.2, 0.25) is 0 Å². The Hall–Kier alpha value is -1.92. The number of nitrogens with one attached hydrogen (secondary N) is 1. The molecule has 6 nitrogen and oxygen atoms in total. The lowest BCUT2D eigenvalue weighted by Gasteiger charge is -2.45. The van der Waals surface area contributed by atoms with Gasteiger partial charge in [-0.2, -0.15) is 0 Å². The number of hydrogen-bond donors (Lipinski definition) is 1. The molecule has 24 heavy (non-hydrogen) atoms. The van der Waals surface area contributed by atoms with Crippen molar-refractivity contribution in [1.29, 1.82) is 0 Å². The number of hydrogen-bond acceptors (Lipinski definition) is 4. The summed E-state index contributed by atoms with van der Waals surface area (Å²) in [6.45, 7) is 9.55. The van der Waals surface area contributed by atoms with Gasteiger partial charge in [0, 0.05) is 13.1 Å². The van der Waals surface area contributed by atoms with Gasteiger partial charge in [-0.1, -0.05) is 12.1 Å². The Kier molecular flexibility index (Phi) is 4.36. The fourth-order valence-electron chi connectivity index (χ4n) is 3.39. The van der Waals surface area contributed by atoms with Crippen LogP contribution in [0.15, 0.2) is 24.3 Å². The molecule has 1 aromatic rings. The van der Waals surface area contributed by atoms with E-state index in [2.05, 4.69) is 10.2 Å². The summed E-state index contributed by atoms with van der Waals surface area (Å²) in [6, 6.07) is 7.13. The first-order valence-corrected chi connectivity index (χ1v) is 8.42. The molecule has 2 aliphatic rings. The third kappa shape index (κ3) is 2.80. The molecule has 6 heteroatoms. The van der Waals surface area contributed by atoms with Gasteiger partial charge in [0.05, 0.1) is 30.1 Å². The van der Waals surface area contributed by atoms with Crippen molar-refractivity contribution in [3.05, 3.63) is 24.3 Å². The van der Waals surface area contributed by atoms with E-state index in [-0.39, 0.29) is 24.0 Å². The monoisotopic (exact) mass is 331 g/mol. The van der Waals surface area contributed by atoms with E-state index in [1.54, 1.807) is 18.7 Å². The van der Waals surface area contributed by atoms with E-state index >= 15 is 0 Å². The van der Waals surface area contributed by atoms with Crippen LogP contribution in [-0.4, -0.2) is 54.1 Å². The third-order valence-electron chi connectivity index (χ3n) is 4.91. The first kappa shape index (κ1) is 16.9. The Balaban J connectivity index is 1.93. The average Bonchev–Trinajstić information content (AvgIpc) is 2.54. The van der Waals surface area contributed by atoms with Gasteiger partial charge in [-0.05, 0) is 39.8 Å². The van der Waals surface area contributed by atoms with E-state index in [4.69, 9.17) is 4.74 Å². The van der Waals surface area contributed by atoms with Crippen LogP contribution in [0, 0.1) is 0 Å². The lowest BCUT2D eigenvalue weighted by atomic mass is 9.95. The van der Waals surface area contributed by atoms with Crippen molar-refractivity contribution in [3.8, 4) is 0 Å². The summed E-state index contributed by atoms with van der Waals surface area (Å²) in [6.07, 6.45) is 0.110. The molecule has 2 aliphatic heterocycles. The smallest absolute Gasteiger partial charge is 0.250 e. The highest BCUT2D eigenvalue weighted by molar-refractivity contribution is 6.15. The minimum atomic E-state index is -0.933. The molecule has 2 atom stereocenters. The van der Waals surface area contributed by atoms with E-state index in [1.807, 2.05) is 38.1 Å². The molecule has 3 rings (SSSR count). The number of amides is 2. The molecule has 1 fully saturated rings. The predicted octanol–water partition coefficient (Wildman–Crippen LogP) is 1.86. The predicted molar refractivity (Wildman–Crippen MR) is 93.1 cm³/mol. The molecule has 1 aromatic carbocycles. The third-order valence-corrected chi connectivity index (χ3v) is 4.91. The van der Waals surface area contributed by atoms with Gasteiger partial charge < -0.3 is 10.1 Å². The second-order valence-corrected chi connectivity index (χ2v) is 7.06. The summed E-state index contributed by atoms with van der Waals surface area (Å²) in [5.74, 6) is -0.228. The molecule has 2 heterocycles. The molecule has 0 saturated carbocycles. The molecule has 0 bridgehead atoms. The molecule has 0 radical (unpaired) electrons. The highest BCUT2D eigenvalue weighted by Crippen LogP contribution is 2.37. The number of carbonyl (C=O) groups is 2. The van der Waals surface area contributed by atoms with Crippen LogP contribution in [-0.2, 0) is 14.3 Å². The van der Waals surface area contributed by atoms with Crippen LogP contribution in [0.4, 0.5) is 11.4 Å². The number of benzene rings is 1. The van der Waals surface area contributed by atoms with Gasteiger partial charge in [0.15, 0.2) is 0 Å². The second kappa shape index (κ2) is 6.18. The Morgan fingerprint density at radius 3 is 2.79 bits per heavy atom. The van der Waals surface area contributed by atoms with Crippen LogP contribution in [0.3, 0.4) is 0 Å². The van der Waals surface area contributed by atoms with Crippen molar-refractivity contribution in [2.75, 3.05) is 29.9 Å². The molecule has 1 N–H and O–H groups in total. The molecule has 0 spiro atoms. The number of carbonyl (C=O) groups excluding carboxylic acids is 2. The van der Waals surface area contributed by atoms with E-state index in [9.17, 15) is 9.59 Å². The molecular weight excluding hydrogens is 306 g/mol. The lowest BCUT2D eigenvalue weighted by Crippen LogP contribution is -2.63. The first-order valence-electron chi connectivity index (χ1n) is 8.42. The SMILES string of the molecule is CC1CN(C(C)C(=O)N2c3ccccc3NC(=O)C2(C)C)CCO1. The van der Waals surface area contributed by atoms with Gasteiger partial charge in [0.2, 0.25) is 11.8 Å². The Labute approximate surface area is 142 Å². The summed E-state index contributed by atoms with van der Waals surface area (Å²) < 4.78 is 5.57. The Morgan fingerprint density at radius 1 is 1.38 bits per heavy atom. The maximum Gasteiger partial charge on any atom is 0.250 e. The summed E-state index contributed by atoms with van der Waals surface area (Å²) in [5.41, 5.74) is 0.496. The summed E-state index contributed by atoms with van der Waals surface area (Å²) in [7, 11) is 0. The molecule has 130 valence electrons. The van der Waals surface area contributed by atoms with E-state index in [1.165, 1.54) is 0 Å². The van der Waals surface area contributed by atoms with Crippen molar-refractivity contribution >= 4 is 23.2 Å².